The largest absolute Gasteiger partial charge is 0.511 e. The van der Waals surface area contributed by atoms with E-state index >= 15 is 0 Å². The molecular formula is C18H20O6. The van der Waals surface area contributed by atoms with Crippen LogP contribution in [0.25, 0.3) is 5.57 Å². The maximum absolute atomic E-state index is 12.6. The molecule has 1 spiro atoms. The van der Waals surface area contributed by atoms with Crippen LogP contribution in [0.5, 0.6) is 0 Å². The van der Waals surface area contributed by atoms with E-state index in [-0.39, 0.29) is 17.9 Å². The lowest BCUT2D eigenvalue weighted by Gasteiger charge is -2.32. The number of benzene rings is 1. The Kier molecular flexibility index (Phi) is 4.09. The number of aryl methyl sites for hydroxylation is 3. The van der Waals surface area contributed by atoms with Crippen molar-refractivity contribution in [2.75, 3.05) is 13.2 Å². The summed E-state index contributed by atoms with van der Waals surface area (Å²) in [6, 6.07) is 3.90. The van der Waals surface area contributed by atoms with E-state index in [4.69, 9.17) is 19.3 Å². The van der Waals surface area contributed by atoms with Crippen LogP contribution >= 0.6 is 0 Å². The molecule has 3 rings (SSSR count). The summed E-state index contributed by atoms with van der Waals surface area (Å²) < 4.78 is 16.1. The van der Waals surface area contributed by atoms with Crippen molar-refractivity contribution in [1.82, 2.24) is 0 Å². The summed E-state index contributed by atoms with van der Waals surface area (Å²) >= 11 is 0. The normalized spacial score (nSPS) is 23.5. The van der Waals surface area contributed by atoms with E-state index in [0.717, 1.165) is 16.7 Å². The van der Waals surface area contributed by atoms with E-state index < -0.39 is 17.7 Å². The Morgan fingerprint density at radius 1 is 1.25 bits per heavy atom. The molecule has 1 atom stereocenters. The van der Waals surface area contributed by atoms with Crippen LogP contribution in [0.2, 0.25) is 0 Å². The number of hydrogen-bond donors (Lipinski definition) is 1. The summed E-state index contributed by atoms with van der Waals surface area (Å²) in [5.74, 6) is -0.512. The lowest BCUT2D eigenvalue weighted by molar-refractivity contribution is -0.159. The van der Waals surface area contributed by atoms with Crippen LogP contribution < -0.4 is 0 Å². The smallest absolute Gasteiger partial charge is 0.449 e. The van der Waals surface area contributed by atoms with Crippen LogP contribution in [0, 0.1) is 20.8 Å². The second kappa shape index (κ2) is 5.94. The zero-order valence-electron chi connectivity index (χ0n) is 14.0. The molecule has 24 heavy (non-hydrogen) atoms. The molecule has 0 aromatic heterocycles. The van der Waals surface area contributed by atoms with Crippen LogP contribution in [0.1, 0.15) is 35.1 Å². The third kappa shape index (κ3) is 2.67. The van der Waals surface area contributed by atoms with Gasteiger partial charge in [0.25, 0.3) is 0 Å². The van der Waals surface area contributed by atoms with Gasteiger partial charge in [-0.15, -0.1) is 0 Å². The zero-order valence-corrected chi connectivity index (χ0v) is 14.0. The Hall–Kier alpha value is -2.34. The monoisotopic (exact) mass is 332 g/mol. The van der Waals surface area contributed by atoms with Crippen LogP contribution in [0.15, 0.2) is 17.9 Å². The molecule has 2 aliphatic heterocycles. The summed E-state index contributed by atoms with van der Waals surface area (Å²) in [6.07, 6.45) is -0.318. The second-order valence-electron chi connectivity index (χ2n) is 6.39. The molecular weight excluding hydrogens is 312 g/mol. The summed E-state index contributed by atoms with van der Waals surface area (Å²) in [6.45, 7) is 6.40. The maximum Gasteiger partial charge on any atom is 0.511 e. The summed E-state index contributed by atoms with van der Waals surface area (Å²) in [5, 5.41) is 9.16. The summed E-state index contributed by atoms with van der Waals surface area (Å²) in [4.78, 5) is 23.8. The maximum atomic E-state index is 12.6. The molecule has 0 bridgehead atoms. The molecule has 2 aliphatic rings. The minimum absolute atomic E-state index is 0.0507. The van der Waals surface area contributed by atoms with Gasteiger partial charge in [-0.2, -0.15) is 0 Å². The van der Waals surface area contributed by atoms with Gasteiger partial charge in [0, 0.05) is 6.61 Å². The standard InChI is InChI=1S/C18H20O6/c1-10-7-11(2)13(12(3)8-10)14-15(23-17(20)21)18(24-16(14)19)5-4-6-22-9-18/h7-8H,4-6,9H2,1-3H3,(H,20,21). The first-order chi connectivity index (χ1) is 11.3. The number of rotatable bonds is 2. The van der Waals surface area contributed by atoms with Gasteiger partial charge in [0.05, 0.1) is 6.61 Å². The van der Waals surface area contributed by atoms with Crippen molar-refractivity contribution in [3.8, 4) is 0 Å². The minimum atomic E-state index is -1.46. The molecule has 1 unspecified atom stereocenters. The molecule has 0 amide bonds. The van der Waals surface area contributed by atoms with Gasteiger partial charge >= 0.3 is 12.1 Å². The predicted octanol–water partition coefficient (Wildman–Crippen LogP) is 3.12. The molecule has 1 aromatic carbocycles. The molecule has 1 saturated heterocycles. The van der Waals surface area contributed by atoms with E-state index in [1.165, 1.54) is 0 Å². The molecule has 1 N–H and O–H groups in total. The SMILES string of the molecule is Cc1cc(C)c(C2=C(OC(=O)O)C3(CCCOC3)OC2=O)c(C)c1. The Labute approximate surface area is 140 Å². The minimum Gasteiger partial charge on any atom is -0.449 e. The Bertz CT molecular complexity index is 717. The van der Waals surface area contributed by atoms with Gasteiger partial charge in [-0.3, -0.25) is 0 Å². The van der Waals surface area contributed by atoms with Crippen LogP contribution in [0.3, 0.4) is 0 Å². The highest BCUT2D eigenvalue weighted by atomic mass is 16.7. The molecule has 6 nitrogen and oxygen atoms in total. The van der Waals surface area contributed by atoms with Crippen LogP contribution in [-0.4, -0.2) is 36.0 Å². The summed E-state index contributed by atoms with van der Waals surface area (Å²) in [5.41, 5.74) is 2.53. The van der Waals surface area contributed by atoms with Crippen molar-refractivity contribution >= 4 is 17.7 Å². The first-order valence-electron chi connectivity index (χ1n) is 7.89. The van der Waals surface area contributed by atoms with Crippen molar-refractivity contribution in [2.45, 2.75) is 39.2 Å². The van der Waals surface area contributed by atoms with E-state index in [1.807, 2.05) is 32.9 Å². The van der Waals surface area contributed by atoms with Crippen molar-refractivity contribution < 1.29 is 28.9 Å². The lowest BCUT2D eigenvalue weighted by atomic mass is 9.88. The van der Waals surface area contributed by atoms with Gasteiger partial charge in [-0.1, -0.05) is 17.7 Å². The van der Waals surface area contributed by atoms with Gasteiger partial charge in [0.15, 0.2) is 11.4 Å². The number of carbonyl (C=O) groups is 2. The molecule has 0 radical (unpaired) electrons. The van der Waals surface area contributed by atoms with E-state index in [9.17, 15) is 9.59 Å². The quantitative estimate of drug-likeness (QED) is 0.838. The van der Waals surface area contributed by atoms with Crippen LogP contribution in [-0.2, 0) is 19.0 Å². The fourth-order valence-electron chi connectivity index (χ4n) is 3.65. The highest BCUT2D eigenvalue weighted by Crippen LogP contribution is 2.44. The summed E-state index contributed by atoms with van der Waals surface area (Å²) in [7, 11) is 0. The van der Waals surface area contributed by atoms with Crippen molar-refractivity contribution in [3.05, 3.63) is 40.1 Å². The van der Waals surface area contributed by atoms with E-state index in [1.54, 1.807) is 0 Å². The van der Waals surface area contributed by atoms with Gasteiger partial charge in [0.2, 0.25) is 0 Å². The Morgan fingerprint density at radius 3 is 2.46 bits per heavy atom. The van der Waals surface area contributed by atoms with E-state index in [0.29, 0.717) is 25.0 Å². The van der Waals surface area contributed by atoms with E-state index in [2.05, 4.69) is 0 Å². The number of hydrogen-bond acceptors (Lipinski definition) is 5. The fraction of sp³-hybridized carbons (Fsp3) is 0.444. The Morgan fingerprint density at radius 2 is 1.92 bits per heavy atom. The zero-order chi connectivity index (χ0) is 17.5. The predicted molar refractivity (Wildman–Crippen MR) is 85.6 cm³/mol. The van der Waals surface area contributed by atoms with Crippen molar-refractivity contribution in [3.63, 3.8) is 0 Å². The lowest BCUT2D eigenvalue weighted by Crippen LogP contribution is -2.42. The number of ether oxygens (including phenoxy) is 3. The fourth-order valence-corrected chi connectivity index (χ4v) is 3.65. The van der Waals surface area contributed by atoms with Crippen molar-refractivity contribution in [2.24, 2.45) is 0 Å². The first-order valence-corrected chi connectivity index (χ1v) is 7.89. The Balaban J connectivity index is 2.22. The number of carboxylic acid groups (broad SMARTS) is 1. The van der Waals surface area contributed by atoms with Gasteiger partial charge in [-0.25, -0.2) is 9.59 Å². The number of esters is 1. The molecule has 0 aliphatic carbocycles. The molecule has 1 fully saturated rings. The molecule has 6 heteroatoms. The highest BCUT2D eigenvalue weighted by Gasteiger charge is 2.52. The highest BCUT2D eigenvalue weighted by molar-refractivity contribution is 6.20. The topological polar surface area (TPSA) is 82.1 Å². The van der Waals surface area contributed by atoms with Crippen LogP contribution in [0.4, 0.5) is 4.79 Å². The van der Waals surface area contributed by atoms with Gasteiger partial charge in [-0.05, 0) is 50.3 Å². The third-order valence-corrected chi connectivity index (χ3v) is 4.45. The average Bonchev–Trinajstić information content (AvgIpc) is 2.71. The first kappa shape index (κ1) is 16.5. The number of carbonyl (C=O) groups excluding carboxylic acids is 1. The molecule has 1 aromatic rings. The third-order valence-electron chi connectivity index (χ3n) is 4.45. The molecule has 0 saturated carbocycles. The molecule has 128 valence electrons. The second-order valence-corrected chi connectivity index (χ2v) is 6.39. The van der Waals surface area contributed by atoms with Gasteiger partial charge in [0.1, 0.15) is 5.57 Å². The van der Waals surface area contributed by atoms with Gasteiger partial charge < -0.3 is 19.3 Å². The van der Waals surface area contributed by atoms with Crippen molar-refractivity contribution in [1.29, 1.82) is 0 Å². The average molecular weight is 332 g/mol. The molecule has 2 heterocycles.